The van der Waals surface area contributed by atoms with Crippen LogP contribution in [-0.2, 0) is 23.9 Å². The lowest BCUT2D eigenvalue weighted by Gasteiger charge is -2.68. The molecule has 7 heteroatoms. The van der Waals surface area contributed by atoms with Gasteiger partial charge in [-0.15, -0.1) is 0 Å². The number of nitrogens with two attached hydrogens (primary N) is 1. The van der Waals surface area contributed by atoms with Crippen LogP contribution in [-0.4, -0.2) is 34.8 Å². The van der Waals surface area contributed by atoms with Crippen LogP contribution in [0.2, 0.25) is 0 Å². The van der Waals surface area contributed by atoms with Gasteiger partial charge < -0.3 is 15.6 Å². The van der Waals surface area contributed by atoms with Crippen molar-refractivity contribution in [2.24, 2.45) is 62.4 Å². The lowest BCUT2D eigenvalue weighted by Crippen LogP contribution is -2.63. The van der Waals surface area contributed by atoms with Crippen molar-refractivity contribution in [1.29, 1.82) is 0 Å². The number of carboxylic acid groups (broad SMARTS) is 1. The Hall–Kier alpha value is -2.18. The van der Waals surface area contributed by atoms with Crippen LogP contribution >= 0.6 is 0 Å². The highest BCUT2D eigenvalue weighted by atomic mass is 16.5. The van der Waals surface area contributed by atoms with E-state index in [0.29, 0.717) is 24.2 Å². The molecule has 4 unspecified atom stereocenters. The van der Waals surface area contributed by atoms with E-state index in [1.54, 1.807) is 13.8 Å². The van der Waals surface area contributed by atoms with Crippen molar-refractivity contribution in [3.05, 3.63) is 11.1 Å². The second-order valence-electron chi connectivity index (χ2n) is 16.7. The summed E-state index contributed by atoms with van der Waals surface area (Å²) in [6, 6.07) is 0. The van der Waals surface area contributed by atoms with Gasteiger partial charge in [-0.1, -0.05) is 41.5 Å². The number of ketones is 1. The number of amides is 1. The fourth-order valence-electron chi connectivity index (χ4n) is 11.4. The molecule has 0 spiro atoms. The van der Waals surface area contributed by atoms with Crippen LogP contribution in [0.3, 0.4) is 0 Å². The fourth-order valence-corrected chi connectivity index (χ4v) is 11.4. The number of hydrogen-bond acceptors (Lipinski definition) is 5. The number of hydrogen-bond donors (Lipinski definition) is 2. The Labute approximate surface area is 251 Å². The highest BCUT2D eigenvalue weighted by molar-refractivity contribution is 6.06. The van der Waals surface area contributed by atoms with Gasteiger partial charge in [0.2, 0.25) is 5.91 Å². The summed E-state index contributed by atoms with van der Waals surface area (Å²) in [6.45, 7) is 16.8. The molecule has 0 bridgehead atoms. The van der Waals surface area contributed by atoms with Gasteiger partial charge in [0.15, 0.2) is 5.78 Å². The monoisotopic (exact) mass is 583 g/mol. The molecule has 42 heavy (non-hydrogen) atoms. The van der Waals surface area contributed by atoms with E-state index in [1.807, 2.05) is 0 Å². The zero-order valence-corrected chi connectivity index (χ0v) is 27.1. The van der Waals surface area contributed by atoms with Crippen molar-refractivity contribution in [3.63, 3.8) is 0 Å². The molecule has 5 rings (SSSR count). The molecule has 4 fully saturated rings. The van der Waals surface area contributed by atoms with Crippen molar-refractivity contribution in [2.45, 2.75) is 126 Å². The highest BCUT2D eigenvalue weighted by Gasteiger charge is 2.67. The third kappa shape index (κ3) is 4.33. The molecule has 0 aromatic rings. The maximum atomic E-state index is 13.3. The number of esters is 1. The zero-order valence-electron chi connectivity index (χ0n) is 27.1. The second kappa shape index (κ2) is 9.92. The van der Waals surface area contributed by atoms with Crippen molar-refractivity contribution in [1.82, 2.24) is 0 Å². The summed E-state index contributed by atoms with van der Waals surface area (Å²) in [5.41, 5.74) is 6.11. The fraction of sp³-hybridized carbons (Fsp3) is 0.829. The number of allylic oxidation sites excluding steroid dienone is 1. The number of carbonyl (C=O) groups is 4. The van der Waals surface area contributed by atoms with E-state index in [-0.39, 0.29) is 58.7 Å². The molecule has 4 saturated carbocycles. The lowest BCUT2D eigenvalue weighted by atomic mass is 9.36. The summed E-state index contributed by atoms with van der Waals surface area (Å²) >= 11 is 0. The topological polar surface area (TPSA) is 124 Å². The molecule has 0 aromatic carbocycles. The van der Waals surface area contributed by atoms with E-state index >= 15 is 0 Å². The Balaban J connectivity index is 1.42. The van der Waals surface area contributed by atoms with Crippen molar-refractivity contribution in [2.75, 3.05) is 0 Å². The first-order chi connectivity index (χ1) is 19.3. The molecule has 8 atom stereocenters. The first-order valence-corrected chi connectivity index (χ1v) is 16.3. The quantitative estimate of drug-likeness (QED) is 0.345. The van der Waals surface area contributed by atoms with Crippen LogP contribution in [0.25, 0.3) is 0 Å². The second-order valence-corrected chi connectivity index (χ2v) is 16.7. The van der Waals surface area contributed by atoms with E-state index in [2.05, 4.69) is 41.5 Å². The molecule has 5 aliphatic carbocycles. The van der Waals surface area contributed by atoms with E-state index in [0.717, 1.165) is 56.1 Å². The van der Waals surface area contributed by atoms with Gasteiger partial charge in [0.05, 0.1) is 17.3 Å². The Bertz CT molecular complexity index is 1230. The summed E-state index contributed by atoms with van der Waals surface area (Å²) in [7, 11) is 0. The number of carboxylic acids is 1. The normalized spacial score (nSPS) is 41.0. The Morgan fingerprint density at radius 1 is 0.952 bits per heavy atom. The molecule has 5 aliphatic rings. The van der Waals surface area contributed by atoms with Crippen LogP contribution in [0, 0.1) is 56.7 Å². The smallest absolute Gasteiger partial charge is 0.309 e. The molecule has 7 nitrogen and oxygen atoms in total. The zero-order chi connectivity index (χ0) is 31.2. The van der Waals surface area contributed by atoms with Gasteiger partial charge >= 0.3 is 11.9 Å². The molecule has 234 valence electrons. The van der Waals surface area contributed by atoms with Gasteiger partial charge in [-0.05, 0) is 117 Å². The van der Waals surface area contributed by atoms with Crippen molar-refractivity contribution >= 4 is 23.6 Å². The standard InChI is InChI=1S/C35H53NO6/c1-19(2)27-22(37)17-35(29(36)39)16-11-21-20(28(27)35)9-10-24-33(21,7)14-12-23-32(5,6)25(13-15-34(23,24)8)42-26(38)18-31(3,4)30(40)41/h19-21,23-25H,9-18H2,1-8H3,(H2,36,39)(H,40,41)/t20?,21?,23?,24?,25-,33-,34-,35+/m0/s1. The molecule has 0 aromatic heterocycles. The number of carbonyl (C=O) groups excluding carboxylic acids is 3. The predicted octanol–water partition coefficient (Wildman–Crippen LogP) is 6.48. The lowest BCUT2D eigenvalue weighted by molar-refractivity contribution is -0.213. The van der Waals surface area contributed by atoms with Crippen molar-refractivity contribution in [3.8, 4) is 0 Å². The van der Waals surface area contributed by atoms with Gasteiger partial charge in [0.1, 0.15) is 6.10 Å². The molecule has 1 amide bonds. The Morgan fingerprint density at radius 2 is 1.60 bits per heavy atom. The number of fused-ring (bicyclic) bond motifs is 7. The third-order valence-corrected chi connectivity index (χ3v) is 13.4. The number of Topliss-reactive ketones (excluding diaryl/α,β-unsaturated/α-hetero) is 1. The van der Waals surface area contributed by atoms with Crippen LogP contribution in [0.15, 0.2) is 11.1 Å². The number of aliphatic carboxylic acids is 1. The molecule has 0 radical (unpaired) electrons. The SMILES string of the molecule is CC(C)C1=C2C3CCC4[C@@](C)(CCC5C(C)(C)[C@@H](OC(=O)CC(C)(C)C(=O)O)CC[C@@]54C)C3CC[C@@]2(C(N)=O)CC1=O. The summed E-state index contributed by atoms with van der Waals surface area (Å²) < 4.78 is 6.07. The highest BCUT2D eigenvalue weighted by Crippen LogP contribution is 2.73. The minimum Gasteiger partial charge on any atom is -0.481 e. The van der Waals surface area contributed by atoms with E-state index < -0.39 is 22.8 Å². The van der Waals surface area contributed by atoms with E-state index in [4.69, 9.17) is 10.5 Å². The first-order valence-electron chi connectivity index (χ1n) is 16.3. The Kier molecular flexibility index (Phi) is 7.38. The molecule has 0 heterocycles. The minimum absolute atomic E-state index is 0.0870. The maximum absolute atomic E-state index is 13.3. The number of ether oxygens (including phenoxy) is 1. The number of rotatable bonds is 6. The third-order valence-electron chi connectivity index (χ3n) is 13.4. The summed E-state index contributed by atoms with van der Waals surface area (Å²) in [4.78, 5) is 50.8. The average molecular weight is 584 g/mol. The van der Waals surface area contributed by atoms with E-state index in [9.17, 15) is 24.3 Å². The van der Waals surface area contributed by atoms with Gasteiger partial charge in [-0.25, -0.2) is 0 Å². The molecule has 3 N–H and O–H groups in total. The summed E-state index contributed by atoms with van der Waals surface area (Å²) in [6.07, 6.45) is 7.44. The minimum atomic E-state index is -1.16. The predicted molar refractivity (Wildman–Crippen MR) is 160 cm³/mol. The summed E-state index contributed by atoms with van der Waals surface area (Å²) in [5.74, 6) is 0.0297. The van der Waals surface area contributed by atoms with Crippen LogP contribution in [0.1, 0.15) is 120 Å². The van der Waals surface area contributed by atoms with Crippen LogP contribution in [0.4, 0.5) is 0 Å². The average Bonchev–Trinajstić information content (AvgIpc) is 3.19. The Morgan fingerprint density at radius 3 is 2.19 bits per heavy atom. The van der Waals surface area contributed by atoms with Gasteiger partial charge in [-0.2, -0.15) is 0 Å². The van der Waals surface area contributed by atoms with Crippen LogP contribution in [0.5, 0.6) is 0 Å². The van der Waals surface area contributed by atoms with Gasteiger partial charge in [0, 0.05) is 11.8 Å². The maximum Gasteiger partial charge on any atom is 0.309 e. The first kappa shape index (κ1) is 31.3. The summed E-state index contributed by atoms with van der Waals surface area (Å²) in [5, 5.41) is 9.50. The number of primary amides is 1. The largest absolute Gasteiger partial charge is 0.481 e. The molecule has 0 aliphatic heterocycles. The van der Waals surface area contributed by atoms with Gasteiger partial charge in [0.25, 0.3) is 0 Å². The molecule has 0 saturated heterocycles. The van der Waals surface area contributed by atoms with E-state index in [1.165, 1.54) is 0 Å². The molecular formula is C35H53NO6. The molecular weight excluding hydrogens is 530 g/mol. The van der Waals surface area contributed by atoms with Crippen molar-refractivity contribution < 1.29 is 29.0 Å². The van der Waals surface area contributed by atoms with Crippen LogP contribution < -0.4 is 5.73 Å². The van der Waals surface area contributed by atoms with Gasteiger partial charge in [-0.3, -0.25) is 19.2 Å².